The fraction of sp³-hybridized carbons (Fsp3) is 0.609. The van der Waals surface area contributed by atoms with Crippen molar-refractivity contribution in [3.63, 3.8) is 0 Å². The predicted octanol–water partition coefficient (Wildman–Crippen LogP) is 5.26. The van der Waals surface area contributed by atoms with Crippen molar-refractivity contribution in [2.75, 3.05) is 13.7 Å². The molecule has 2 heterocycles. The highest BCUT2D eigenvalue weighted by molar-refractivity contribution is 5.77. The Morgan fingerprint density at radius 1 is 1.34 bits per heavy atom. The van der Waals surface area contributed by atoms with Gasteiger partial charge in [0.05, 0.1) is 7.11 Å². The quantitative estimate of drug-likeness (QED) is 0.662. The highest BCUT2D eigenvalue weighted by Gasteiger charge is 2.33. The maximum absolute atomic E-state index is 13.1. The van der Waals surface area contributed by atoms with Gasteiger partial charge in [-0.05, 0) is 49.1 Å². The summed E-state index contributed by atoms with van der Waals surface area (Å²) in [7, 11) is 1.63. The molecule has 0 N–H and O–H groups in total. The highest BCUT2D eigenvalue weighted by atomic mass is 16.5. The Morgan fingerprint density at radius 3 is 2.86 bits per heavy atom. The average Bonchev–Trinajstić information content (AvgIpc) is 3.16. The molecule has 29 heavy (non-hydrogen) atoms. The molecule has 6 nitrogen and oxygen atoms in total. The van der Waals surface area contributed by atoms with Gasteiger partial charge in [0.25, 0.3) is 0 Å². The molecule has 6 heteroatoms. The molecule has 1 saturated heterocycles. The van der Waals surface area contributed by atoms with Crippen molar-refractivity contribution >= 4 is 5.91 Å². The van der Waals surface area contributed by atoms with Crippen LogP contribution in [0.5, 0.6) is 5.75 Å². The highest BCUT2D eigenvalue weighted by Crippen LogP contribution is 2.33. The molecular weight excluding hydrogens is 366 g/mol. The van der Waals surface area contributed by atoms with Gasteiger partial charge >= 0.3 is 0 Å². The second-order valence-corrected chi connectivity index (χ2v) is 9.36. The lowest BCUT2D eigenvalue weighted by Gasteiger charge is -2.34. The van der Waals surface area contributed by atoms with E-state index in [1.54, 1.807) is 7.11 Å². The normalized spacial score (nSPS) is 18.5. The van der Waals surface area contributed by atoms with E-state index in [9.17, 15) is 4.79 Å². The molecule has 158 valence electrons. The maximum atomic E-state index is 13.1. The minimum absolute atomic E-state index is 0.134. The summed E-state index contributed by atoms with van der Waals surface area (Å²) in [6.07, 6.45) is 4.53. The topological polar surface area (TPSA) is 68.5 Å². The lowest BCUT2D eigenvalue weighted by atomic mass is 9.84. The van der Waals surface area contributed by atoms with E-state index in [-0.39, 0.29) is 17.4 Å². The molecule has 0 spiro atoms. The molecule has 3 rings (SSSR count). The SMILES string of the molecule is COc1cccc(-c2noc([C@H]3CCCCN3C(=O)C[C@H](C)CC(C)(C)C)n2)c1. The number of hydrogen-bond acceptors (Lipinski definition) is 5. The first-order chi connectivity index (χ1) is 13.8. The van der Waals surface area contributed by atoms with E-state index in [0.29, 0.717) is 24.1 Å². The van der Waals surface area contributed by atoms with Gasteiger partial charge in [0.1, 0.15) is 11.8 Å². The number of piperidine rings is 1. The third-order valence-electron chi connectivity index (χ3n) is 5.36. The van der Waals surface area contributed by atoms with Gasteiger partial charge in [-0.2, -0.15) is 4.98 Å². The van der Waals surface area contributed by atoms with Crippen molar-refractivity contribution in [3.8, 4) is 17.1 Å². The van der Waals surface area contributed by atoms with Crippen LogP contribution in [-0.2, 0) is 4.79 Å². The molecule has 1 fully saturated rings. The van der Waals surface area contributed by atoms with Crippen LogP contribution < -0.4 is 4.74 Å². The Morgan fingerprint density at radius 2 is 2.14 bits per heavy atom. The van der Waals surface area contributed by atoms with Gasteiger partial charge in [0, 0.05) is 18.5 Å². The summed E-state index contributed by atoms with van der Waals surface area (Å²) in [4.78, 5) is 19.6. The zero-order chi connectivity index (χ0) is 21.0. The third kappa shape index (κ3) is 5.58. The van der Waals surface area contributed by atoms with Crippen LogP contribution in [0.4, 0.5) is 0 Å². The van der Waals surface area contributed by atoms with E-state index < -0.39 is 0 Å². The number of rotatable bonds is 6. The van der Waals surface area contributed by atoms with E-state index in [1.807, 2.05) is 29.2 Å². The Labute approximate surface area is 173 Å². The fourth-order valence-electron chi connectivity index (χ4n) is 4.27. The minimum Gasteiger partial charge on any atom is -0.497 e. The Kier molecular flexibility index (Phi) is 6.60. The number of hydrogen-bond donors (Lipinski definition) is 0. The number of ether oxygens (including phenoxy) is 1. The molecule has 0 saturated carbocycles. The molecule has 0 radical (unpaired) electrons. The predicted molar refractivity (Wildman–Crippen MR) is 112 cm³/mol. The van der Waals surface area contributed by atoms with Crippen LogP contribution in [0.15, 0.2) is 28.8 Å². The number of carbonyl (C=O) groups excluding carboxylic acids is 1. The van der Waals surface area contributed by atoms with Crippen molar-refractivity contribution in [3.05, 3.63) is 30.2 Å². The van der Waals surface area contributed by atoms with Crippen molar-refractivity contribution < 1.29 is 14.1 Å². The van der Waals surface area contributed by atoms with Gasteiger partial charge in [0.15, 0.2) is 0 Å². The standard InChI is InChI=1S/C23H33N3O3/c1-16(15-23(2,3)4)13-20(27)26-12-7-6-11-19(26)22-24-21(25-29-22)17-9-8-10-18(14-17)28-5/h8-10,14,16,19H,6-7,11-13,15H2,1-5H3/t16-,19+/m0/s1. The summed E-state index contributed by atoms with van der Waals surface area (Å²) < 4.78 is 10.9. The van der Waals surface area contributed by atoms with E-state index in [1.165, 1.54) is 0 Å². The zero-order valence-corrected chi connectivity index (χ0v) is 18.3. The number of benzene rings is 1. The first kappa shape index (κ1) is 21.3. The van der Waals surface area contributed by atoms with Crippen molar-refractivity contribution in [2.24, 2.45) is 11.3 Å². The largest absolute Gasteiger partial charge is 0.497 e. The number of likely N-dealkylation sites (tertiary alicyclic amines) is 1. The van der Waals surface area contributed by atoms with Crippen LogP contribution in [-0.4, -0.2) is 34.6 Å². The molecule has 1 aliphatic heterocycles. The van der Waals surface area contributed by atoms with Crippen molar-refractivity contribution in [2.45, 2.75) is 65.8 Å². The molecule has 0 bridgehead atoms. The minimum atomic E-state index is -0.134. The van der Waals surface area contributed by atoms with E-state index in [0.717, 1.165) is 43.5 Å². The Hall–Kier alpha value is -2.37. The lowest BCUT2D eigenvalue weighted by molar-refractivity contribution is -0.136. The van der Waals surface area contributed by atoms with Crippen molar-refractivity contribution in [1.29, 1.82) is 0 Å². The molecule has 0 aliphatic carbocycles. The molecular formula is C23H33N3O3. The summed E-state index contributed by atoms with van der Waals surface area (Å²) in [5.74, 6) is 2.33. The molecule has 1 aromatic carbocycles. The van der Waals surface area contributed by atoms with Gasteiger partial charge in [-0.1, -0.05) is 45.0 Å². The third-order valence-corrected chi connectivity index (χ3v) is 5.36. The van der Waals surface area contributed by atoms with Gasteiger partial charge in [0.2, 0.25) is 17.6 Å². The monoisotopic (exact) mass is 399 g/mol. The van der Waals surface area contributed by atoms with Crippen LogP contribution >= 0.6 is 0 Å². The number of carbonyl (C=O) groups is 1. The molecule has 1 aromatic heterocycles. The molecule has 0 unspecified atom stereocenters. The average molecular weight is 400 g/mol. The summed E-state index contributed by atoms with van der Waals surface area (Å²) in [5.41, 5.74) is 1.06. The first-order valence-corrected chi connectivity index (χ1v) is 10.5. The van der Waals surface area contributed by atoms with Crippen LogP contribution in [0.1, 0.15) is 71.7 Å². The maximum Gasteiger partial charge on any atom is 0.249 e. The summed E-state index contributed by atoms with van der Waals surface area (Å²) >= 11 is 0. The summed E-state index contributed by atoms with van der Waals surface area (Å²) in [5, 5.41) is 4.16. The number of methoxy groups -OCH3 is 1. The second kappa shape index (κ2) is 8.97. The lowest BCUT2D eigenvalue weighted by Crippen LogP contribution is -2.39. The Balaban J connectivity index is 1.74. The van der Waals surface area contributed by atoms with Gasteiger partial charge in [-0.25, -0.2) is 0 Å². The van der Waals surface area contributed by atoms with Crippen LogP contribution in [0.3, 0.4) is 0 Å². The number of nitrogens with zero attached hydrogens (tertiary/aromatic N) is 3. The molecule has 1 amide bonds. The van der Waals surface area contributed by atoms with E-state index in [2.05, 4.69) is 37.8 Å². The second-order valence-electron chi connectivity index (χ2n) is 9.36. The summed E-state index contributed by atoms with van der Waals surface area (Å²) in [6, 6.07) is 7.45. The van der Waals surface area contributed by atoms with Gasteiger partial charge < -0.3 is 14.2 Å². The molecule has 1 aliphatic rings. The van der Waals surface area contributed by atoms with Gasteiger partial charge in [-0.15, -0.1) is 0 Å². The number of aromatic nitrogens is 2. The van der Waals surface area contributed by atoms with Crippen LogP contribution in [0.2, 0.25) is 0 Å². The van der Waals surface area contributed by atoms with Gasteiger partial charge in [-0.3, -0.25) is 4.79 Å². The number of amides is 1. The van der Waals surface area contributed by atoms with Crippen molar-refractivity contribution in [1.82, 2.24) is 15.0 Å². The molecule has 2 atom stereocenters. The smallest absolute Gasteiger partial charge is 0.249 e. The zero-order valence-electron chi connectivity index (χ0n) is 18.3. The molecule has 2 aromatic rings. The van der Waals surface area contributed by atoms with E-state index in [4.69, 9.17) is 9.26 Å². The first-order valence-electron chi connectivity index (χ1n) is 10.5. The Bertz CT molecular complexity index is 825. The van der Waals surface area contributed by atoms with E-state index >= 15 is 0 Å². The summed E-state index contributed by atoms with van der Waals surface area (Å²) in [6.45, 7) is 9.57. The van der Waals surface area contributed by atoms with Crippen LogP contribution in [0.25, 0.3) is 11.4 Å². The fourth-order valence-corrected chi connectivity index (χ4v) is 4.27. The van der Waals surface area contributed by atoms with Crippen LogP contribution in [0, 0.1) is 11.3 Å².